The number of rotatable bonds is 12. The Morgan fingerprint density at radius 1 is 0.656 bits per heavy atom. The minimum absolute atomic E-state index is 0.0659. The van der Waals surface area contributed by atoms with Crippen LogP contribution in [0, 0.1) is 58.8 Å². The molecule has 3 aliphatic rings. The number of nitrogens with zero attached hydrogens (tertiary/aromatic N) is 2. The molecular formula is C43H57N3O15S3. The first-order valence-corrected chi connectivity index (χ1v) is 25.1. The van der Waals surface area contributed by atoms with Gasteiger partial charge >= 0.3 is 17.9 Å². The summed E-state index contributed by atoms with van der Waals surface area (Å²) in [6.45, 7) is 16.6. The predicted octanol–water partition coefficient (Wildman–Crippen LogP) is 6.67. The summed E-state index contributed by atoms with van der Waals surface area (Å²) in [6, 6.07) is 7.49. The van der Waals surface area contributed by atoms with Gasteiger partial charge < -0.3 is 28.6 Å². The maximum Gasteiger partial charge on any atom is 0.340 e. The lowest BCUT2D eigenvalue weighted by Crippen LogP contribution is -2.31. The molecule has 4 N–H and O–H groups in total. The van der Waals surface area contributed by atoms with E-state index in [9.17, 15) is 55.0 Å². The molecule has 2 saturated heterocycles. The Balaban J connectivity index is 0.000000181. The monoisotopic (exact) mass is 951 g/mol. The maximum absolute atomic E-state index is 12.8. The van der Waals surface area contributed by atoms with Crippen LogP contribution in [-0.4, -0.2) is 93.3 Å². The number of benzene rings is 1. The van der Waals surface area contributed by atoms with E-state index in [4.69, 9.17) is 13.3 Å². The molecule has 0 radical (unpaired) electrons. The molecule has 1 aliphatic carbocycles. The number of nitrogens with one attached hydrogen (secondary N) is 1. The normalized spacial score (nSPS) is 18.8. The zero-order chi connectivity index (χ0) is 47.9. The lowest BCUT2D eigenvalue weighted by molar-refractivity contribution is 0.0680. The summed E-state index contributed by atoms with van der Waals surface area (Å²) in [4.78, 5) is 33.3. The molecule has 18 nitrogen and oxygen atoms in total. The molecule has 7 rings (SSSR count). The molecule has 21 heteroatoms. The third-order valence-corrected chi connectivity index (χ3v) is 17.5. The largest absolute Gasteiger partial charge is 0.478 e. The van der Waals surface area contributed by atoms with Crippen molar-refractivity contribution in [2.75, 3.05) is 26.2 Å². The van der Waals surface area contributed by atoms with E-state index in [1.807, 2.05) is 45.0 Å². The molecule has 2 unspecified atom stereocenters. The average Bonchev–Trinajstić information content (AvgIpc) is 4.04. The molecule has 5 heterocycles. The molecule has 64 heavy (non-hydrogen) atoms. The van der Waals surface area contributed by atoms with Crippen molar-refractivity contribution in [2.45, 2.75) is 116 Å². The van der Waals surface area contributed by atoms with Gasteiger partial charge in [0.25, 0.3) is 0 Å². The number of aromatic carboxylic acids is 3. The summed E-state index contributed by atoms with van der Waals surface area (Å²) in [6.07, 6.45) is 4.82. The van der Waals surface area contributed by atoms with Gasteiger partial charge in [-0.3, -0.25) is 0 Å². The third-order valence-electron chi connectivity index (χ3n) is 12.0. The minimum Gasteiger partial charge on any atom is -0.478 e. The van der Waals surface area contributed by atoms with E-state index in [0.29, 0.717) is 38.0 Å². The Kier molecular flexibility index (Phi) is 14.9. The Labute approximate surface area is 373 Å². The Morgan fingerprint density at radius 2 is 1.06 bits per heavy atom. The van der Waals surface area contributed by atoms with Crippen molar-refractivity contribution in [2.24, 2.45) is 17.3 Å². The summed E-state index contributed by atoms with van der Waals surface area (Å²) < 4.78 is 97.0. The molecular weight excluding hydrogens is 895 g/mol. The van der Waals surface area contributed by atoms with E-state index >= 15 is 0 Å². The fourth-order valence-corrected chi connectivity index (χ4v) is 14.3. The highest BCUT2D eigenvalue weighted by atomic mass is 32.2. The second kappa shape index (κ2) is 19.0. The van der Waals surface area contributed by atoms with Crippen LogP contribution in [0.5, 0.6) is 0 Å². The number of sulfonamides is 3. The number of furan rings is 3. The van der Waals surface area contributed by atoms with Crippen LogP contribution in [-0.2, 0) is 43.0 Å². The number of hydrogen-bond acceptors (Lipinski definition) is 12. The van der Waals surface area contributed by atoms with E-state index in [2.05, 4.69) is 4.72 Å². The minimum atomic E-state index is -3.99. The van der Waals surface area contributed by atoms with Crippen LogP contribution in [0.1, 0.15) is 123 Å². The zero-order valence-corrected chi connectivity index (χ0v) is 39.8. The summed E-state index contributed by atoms with van der Waals surface area (Å²) >= 11 is 0. The van der Waals surface area contributed by atoms with Crippen LogP contribution in [0.4, 0.5) is 0 Å². The summed E-state index contributed by atoms with van der Waals surface area (Å²) in [5.74, 6) is -2.35. The molecule has 3 aromatic heterocycles. The molecule has 1 saturated carbocycles. The smallest absolute Gasteiger partial charge is 0.340 e. The topological polar surface area (TPSA) is 272 Å². The van der Waals surface area contributed by atoms with Gasteiger partial charge in [-0.05, 0) is 95.6 Å². The van der Waals surface area contributed by atoms with Gasteiger partial charge in [-0.15, -0.1) is 0 Å². The van der Waals surface area contributed by atoms with Crippen LogP contribution < -0.4 is 4.72 Å². The highest BCUT2D eigenvalue weighted by molar-refractivity contribution is 7.90. The number of carbonyl (C=O) groups is 3. The number of carboxylic acids is 3. The van der Waals surface area contributed by atoms with Gasteiger partial charge in [0.1, 0.15) is 65.9 Å². The van der Waals surface area contributed by atoms with Crippen molar-refractivity contribution in [3.63, 3.8) is 0 Å². The molecule has 1 aromatic carbocycles. The maximum atomic E-state index is 12.8. The van der Waals surface area contributed by atoms with E-state index in [1.54, 1.807) is 0 Å². The van der Waals surface area contributed by atoms with Gasteiger partial charge in [-0.25, -0.2) is 44.4 Å². The molecule has 2 aliphatic heterocycles. The SMILES string of the molecule is CCc1ccccc1CNS(=O)(=O)c1c(C)oc(C)c1C(=O)O.Cc1oc(C)c(S(=O)(=O)N2CC3CCCC3C2)c1C(=O)O.Cc1oc(C)c(S(=O)(=O)N2CCC(C)(C)C2)c1C(=O)O. The van der Waals surface area contributed by atoms with Crippen LogP contribution in [0.15, 0.2) is 52.2 Å². The van der Waals surface area contributed by atoms with Crippen molar-refractivity contribution >= 4 is 48.0 Å². The van der Waals surface area contributed by atoms with Crippen molar-refractivity contribution in [3.05, 3.63) is 86.6 Å². The average molecular weight is 952 g/mol. The van der Waals surface area contributed by atoms with Crippen molar-refractivity contribution < 1.29 is 68.2 Å². The van der Waals surface area contributed by atoms with E-state index in [1.165, 1.54) is 50.2 Å². The van der Waals surface area contributed by atoms with Gasteiger partial charge in [0.05, 0.1) is 0 Å². The second-order valence-corrected chi connectivity index (χ2v) is 22.6. The van der Waals surface area contributed by atoms with Crippen molar-refractivity contribution in [1.82, 2.24) is 13.3 Å². The Morgan fingerprint density at radius 3 is 1.47 bits per heavy atom. The number of fused-ring (bicyclic) bond motifs is 1. The van der Waals surface area contributed by atoms with Crippen LogP contribution in [0.25, 0.3) is 0 Å². The van der Waals surface area contributed by atoms with Gasteiger partial charge in [-0.1, -0.05) is 51.5 Å². The summed E-state index contributed by atoms with van der Waals surface area (Å²) in [7, 11) is -11.6. The number of aryl methyl sites for hydroxylation is 7. The van der Waals surface area contributed by atoms with Crippen LogP contribution in [0.3, 0.4) is 0 Å². The molecule has 3 fully saturated rings. The molecule has 0 amide bonds. The van der Waals surface area contributed by atoms with E-state index in [0.717, 1.165) is 43.2 Å². The van der Waals surface area contributed by atoms with Gasteiger partial charge in [0, 0.05) is 32.7 Å². The Bertz CT molecular complexity index is 2770. The van der Waals surface area contributed by atoms with Crippen molar-refractivity contribution in [3.8, 4) is 0 Å². The molecule has 2 atom stereocenters. The summed E-state index contributed by atoms with van der Waals surface area (Å²) in [5.41, 5.74) is 0.987. The number of hydrogen-bond donors (Lipinski definition) is 4. The molecule has 0 spiro atoms. The van der Waals surface area contributed by atoms with Gasteiger partial charge in [-0.2, -0.15) is 8.61 Å². The first kappa shape index (κ1) is 50.2. The van der Waals surface area contributed by atoms with Gasteiger partial charge in [0.15, 0.2) is 0 Å². The van der Waals surface area contributed by atoms with Crippen LogP contribution >= 0.6 is 0 Å². The predicted molar refractivity (Wildman–Crippen MR) is 232 cm³/mol. The second-order valence-electron chi connectivity index (χ2n) is 17.1. The Hall–Kier alpha value is -4.80. The lowest BCUT2D eigenvalue weighted by atomic mass is 9.93. The molecule has 0 bridgehead atoms. The van der Waals surface area contributed by atoms with E-state index in [-0.39, 0.29) is 77.9 Å². The molecule has 4 aromatic rings. The highest BCUT2D eigenvalue weighted by Crippen LogP contribution is 2.41. The first-order chi connectivity index (χ1) is 29.7. The highest BCUT2D eigenvalue weighted by Gasteiger charge is 2.45. The number of carboxylic acid groups (broad SMARTS) is 3. The van der Waals surface area contributed by atoms with Crippen molar-refractivity contribution in [1.29, 1.82) is 0 Å². The van der Waals surface area contributed by atoms with Crippen LogP contribution in [0.2, 0.25) is 0 Å². The zero-order valence-electron chi connectivity index (χ0n) is 37.4. The third kappa shape index (κ3) is 10.2. The molecule has 352 valence electrons. The first-order valence-electron chi connectivity index (χ1n) is 20.7. The standard InChI is InChI=1S/C16H19NO5S.C14H19NO5S.C13H19NO5S/c1-4-12-7-5-6-8-13(12)9-17-23(20,21)15-11(3)22-10(2)14(15)16(18)19;1-8-12(14(16)17)13(9(2)20-8)21(18,19)15-6-10-4-3-5-11(10)7-15;1-8-10(12(15)16)11(9(2)19-8)20(17,18)14-6-5-13(3,4)7-14/h5-8,17H,4,9H2,1-3H3,(H,18,19);10-11H,3-7H2,1-2H3,(H,16,17);5-7H2,1-4H3,(H,15,16). The van der Waals surface area contributed by atoms with Gasteiger partial charge in [0.2, 0.25) is 30.1 Å². The lowest BCUT2D eigenvalue weighted by Gasteiger charge is -2.19. The quantitative estimate of drug-likeness (QED) is 0.116. The summed E-state index contributed by atoms with van der Waals surface area (Å²) in [5, 5.41) is 27.7. The fourth-order valence-electron chi connectivity index (χ4n) is 8.91. The fraction of sp³-hybridized carbons (Fsp3) is 0.512. The van der Waals surface area contributed by atoms with E-state index < -0.39 is 48.0 Å².